The molecule has 0 radical (unpaired) electrons. The van der Waals surface area contributed by atoms with Gasteiger partial charge in [0.15, 0.2) is 5.69 Å². The fraction of sp³-hybridized carbons (Fsp3) is 0.692. The molecule has 120 valence electrons. The summed E-state index contributed by atoms with van der Waals surface area (Å²) in [7, 11) is -4.01. The summed E-state index contributed by atoms with van der Waals surface area (Å²) in [5.41, 5.74) is -0.438. The van der Waals surface area contributed by atoms with Crippen LogP contribution < -0.4 is 10.5 Å². The zero-order valence-electron chi connectivity index (χ0n) is 13.4. The van der Waals surface area contributed by atoms with Gasteiger partial charge in [0.1, 0.15) is 4.90 Å². The number of primary sulfonamides is 1. The summed E-state index contributed by atoms with van der Waals surface area (Å²) in [4.78, 5) is 12.1. The van der Waals surface area contributed by atoms with Crippen LogP contribution in [0.1, 0.15) is 57.2 Å². The molecule has 0 saturated heterocycles. The van der Waals surface area contributed by atoms with E-state index in [1.54, 1.807) is 0 Å². The lowest BCUT2D eigenvalue weighted by Gasteiger charge is -2.33. The fourth-order valence-electron chi connectivity index (χ4n) is 2.66. The maximum atomic E-state index is 12.3. The van der Waals surface area contributed by atoms with Gasteiger partial charge in [-0.1, -0.05) is 20.8 Å². The number of nitrogens with two attached hydrogens (primary N) is 1. The molecule has 1 amide bonds. The van der Waals surface area contributed by atoms with Crippen LogP contribution in [0.3, 0.4) is 0 Å². The lowest BCUT2D eigenvalue weighted by atomic mass is 9.82. The molecule has 7 nitrogen and oxygen atoms in total. The summed E-state index contributed by atoms with van der Waals surface area (Å²) in [5, 5.41) is 14.2. The molecular weight excluding hydrogens is 292 g/mol. The van der Waals surface area contributed by atoms with Crippen molar-refractivity contribution in [1.29, 1.82) is 0 Å². The van der Waals surface area contributed by atoms with E-state index in [1.807, 2.05) is 13.8 Å². The van der Waals surface area contributed by atoms with E-state index >= 15 is 0 Å². The quantitative estimate of drug-likeness (QED) is 0.776. The second-order valence-electron chi connectivity index (χ2n) is 7.15. The van der Waals surface area contributed by atoms with Crippen LogP contribution >= 0.6 is 0 Å². The Hall–Kier alpha value is -1.41. The number of rotatable bonds is 4. The Balaban J connectivity index is 3.07. The molecular formula is C13H24N4O3S. The Morgan fingerprint density at radius 1 is 1.29 bits per heavy atom. The predicted molar refractivity (Wildman–Crippen MR) is 80.3 cm³/mol. The van der Waals surface area contributed by atoms with Crippen LogP contribution in [0, 0.1) is 12.3 Å². The van der Waals surface area contributed by atoms with Gasteiger partial charge in [-0.05, 0) is 32.6 Å². The molecule has 8 heteroatoms. The Morgan fingerprint density at radius 3 is 2.24 bits per heavy atom. The number of amides is 1. The highest BCUT2D eigenvalue weighted by atomic mass is 32.2. The van der Waals surface area contributed by atoms with Gasteiger partial charge in [0.2, 0.25) is 10.0 Å². The molecule has 4 N–H and O–H groups in total. The number of hydrogen-bond donors (Lipinski definition) is 3. The van der Waals surface area contributed by atoms with Crippen molar-refractivity contribution in [2.75, 3.05) is 0 Å². The number of aromatic amines is 1. The zero-order chi connectivity index (χ0) is 16.6. The van der Waals surface area contributed by atoms with Crippen LogP contribution in [-0.2, 0) is 10.0 Å². The van der Waals surface area contributed by atoms with Gasteiger partial charge < -0.3 is 5.32 Å². The number of aromatic nitrogens is 2. The topological polar surface area (TPSA) is 118 Å². The van der Waals surface area contributed by atoms with Gasteiger partial charge in [0.25, 0.3) is 5.91 Å². The number of H-pyrrole nitrogens is 1. The first-order valence-corrected chi connectivity index (χ1v) is 8.18. The third-order valence-electron chi connectivity index (χ3n) is 2.81. The average molecular weight is 316 g/mol. The maximum Gasteiger partial charge on any atom is 0.273 e. The second kappa shape index (κ2) is 5.42. The Labute approximate surface area is 125 Å². The third kappa shape index (κ3) is 4.82. The smallest absolute Gasteiger partial charge is 0.273 e. The van der Waals surface area contributed by atoms with Crippen molar-refractivity contribution in [1.82, 2.24) is 15.5 Å². The van der Waals surface area contributed by atoms with E-state index in [2.05, 4.69) is 36.3 Å². The minimum atomic E-state index is -4.01. The van der Waals surface area contributed by atoms with E-state index < -0.39 is 21.5 Å². The molecule has 0 fully saturated rings. The molecule has 1 aromatic heterocycles. The van der Waals surface area contributed by atoms with Gasteiger partial charge in [-0.25, -0.2) is 13.6 Å². The van der Waals surface area contributed by atoms with Crippen molar-refractivity contribution >= 4 is 15.9 Å². The molecule has 1 aromatic rings. The molecule has 0 spiro atoms. The van der Waals surface area contributed by atoms with Crippen molar-refractivity contribution in [2.45, 2.75) is 58.4 Å². The molecule has 1 heterocycles. The Kier molecular flexibility index (Phi) is 4.55. The van der Waals surface area contributed by atoms with Crippen LogP contribution in [0.5, 0.6) is 0 Å². The van der Waals surface area contributed by atoms with Crippen molar-refractivity contribution in [3.05, 3.63) is 11.4 Å². The van der Waals surface area contributed by atoms with E-state index in [0.717, 1.165) is 6.42 Å². The van der Waals surface area contributed by atoms with Gasteiger partial charge in [-0.2, -0.15) is 5.10 Å². The number of carbonyl (C=O) groups excluding carboxylic acids is 1. The van der Waals surface area contributed by atoms with Gasteiger partial charge in [0.05, 0.1) is 5.69 Å². The predicted octanol–water partition coefficient (Wildman–Crippen LogP) is 1.31. The summed E-state index contributed by atoms with van der Waals surface area (Å²) in [5.74, 6) is -0.558. The standard InChI is InChI=1S/C13H24N4O3S/c1-8-10(21(14,19)20)9(17-16-8)11(18)15-13(5,6)7-12(2,3)4/h7H2,1-6H3,(H,15,18)(H,16,17)(H2,14,19,20). The number of carbonyl (C=O) groups is 1. The van der Waals surface area contributed by atoms with Crippen molar-refractivity contribution in [3.8, 4) is 0 Å². The first-order chi connectivity index (χ1) is 9.23. The largest absolute Gasteiger partial charge is 0.346 e. The highest BCUT2D eigenvalue weighted by molar-refractivity contribution is 7.89. The van der Waals surface area contributed by atoms with Gasteiger partial charge in [-0.15, -0.1) is 0 Å². The van der Waals surface area contributed by atoms with E-state index in [-0.39, 0.29) is 21.7 Å². The summed E-state index contributed by atoms with van der Waals surface area (Å²) in [6, 6.07) is 0. The van der Waals surface area contributed by atoms with Gasteiger partial charge >= 0.3 is 0 Å². The van der Waals surface area contributed by atoms with Gasteiger partial charge in [0, 0.05) is 5.54 Å². The molecule has 1 rings (SSSR count). The van der Waals surface area contributed by atoms with Gasteiger partial charge in [-0.3, -0.25) is 9.89 Å². The summed E-state index contributed by atoms with van der Waals surface area (Å²) in [6.45, 7) is 11.5. The average Bonchev–Trinajstić information content (AvgIpc) is 2.54. The van der Waals surface area contributed by atoms with Crippen molar-refractivity contribution in [3.63, 3.8) is 0 Å². The van der Waals surface area contributed by atoms with E-state index in [4.69, 9.17) is 5.14 Å². The molecule has 0 aliphatic carbocycles. The molecule has 0 aromatic carbocycles. The van der Waals surface area contributed by atoms with Crippen LogP contribution in [0.4, 0.5) is 0 Å². The lowest BCUT2D eigenvalue weighted by molar-refractivity contribution is 0.0882. The van der Waals surface area contributed by atoms with Crippen LogP contribution in [0.25, 0.3) is 0 Å². The molecule has 0 atom stereocenters. The number of aryl methyl sites for hydroxylation is 1. The van der Waals surface area contributed by atoms with Crippen LogP contribution in [-0.4, -0.2) is 30.1 Å². The van der Waals surface area contributed by atoms with Crippen LogP contribution in [0.2, 0.25) is 0 Å². The number of nitrogens with one attached hydrogen (secondary N) is 2. The lowest BCUT2D eigenvalue weighted by Crippen LogP contribution is -2.46. The second-order valence-corrected chi connectivity index (χ2v) is 8.65. The first kappa shape index (κ1) is 17.6. The van der Waals surface area contributed by atoms with E-state index in [1.165, 1.54) is 6.92 Å². The third-order valence-corrected chi connectivity index (χ3v) is 3.88. The fourth-order valence-corrected chi connectivity index (χ4v) is 3.54. The molecule has 0 aliphatic rings. The highest BCUT2D eigenvalue weighted by Gasteiger charge is 2.31. The minimum absolute atomic E-state index is 0.0149. The highest BCUT2D eigenvalue weighted by Crippen LogP contribution is 2.27. The zero-order valence-corrected chi connectivity index (χ0v) is 14.2. The van der Waals surface area contributed by atoms with E-state index in [9.17, 15) is 13.2 Å². The van der Waals surface area contributed by atoms with Crippen LogP contribution in [0.15, 0.2) is 4.90 Å². The number of hydrogen-bond acceptors (Lipinski definition) is 4. The van der Waals surface area contributed by atoms with E-state index in [0.29, 0.717) is 0 Å². The Bertz CT molecular complexity index is 639. The number of nitrogens with zero attached hydrogens (tertiary/aromatic N) is 1. The monoisotopic (exact) mass is 316 g/mol. The molecule has 0 unspecified atom stereocenters. The molecule has 0 bridgehead atoms. The summed E-state index contributed by atoms with van der Waals surface area (Å²) in [6.07, 6.45) is 0.722. The molecule has 21 heavy (non-hydrogen) atoms. The molecule has 0 saturated carbocycles. The maximum absolute atomic E-state index is 12.3. The first-order valence-electron chi connectivity index (χ1n) is 6.63. The summed E-state index contributed by atoms with van der Waals surface area (Å²) >= 11 is 0. The Morgan fingerprint density at radius 2 is 1.81 bits per heavy atom. The molecule has 0 aliphatic heterocycles. The van der Waals surface area contributed by atoms with Crippen molar-refractivity contribution in [2.24, 2.45) is 10.6 Å². The SMILES string of the molecule is Cc1[nH]nc(C(=O)NC(C)(C)CC(C)(C)C)c1S(N)(=O)=O. The minimum Gasteiger partial charge on any atom is -0.346 e. The van der Waals surface area contributed by atoms with Crippen molar-refractivity contribution < 1.29 is 13.2 Å². The summed E-state index contributed by atoms with van der Waals surface area (Å²) < 4.78 is 23.1. The normalized spacial score (nSPS) is 13.3. The number of sulfonamides is 1.